The van der Waals surface area contributed by atoms with E-state index >= 15 is 0 Å². The van der Waals surface area contributed by atoms with Crippen molar-refractivity contribution in [3.05, 3.63) is 229 Å². The van der Waals surface area contributed by atoms with Crippen LogP contribution in [0.5, 0.6) is 0 Å². The molecule has 0 aliphatic heterocycles. The van der Waals surface area contributed by atoms with Gasteiger partial charge in [0.2, 0.25) is 0 Å². The quantitative estimate of drug-likeness (QED) is 0.177. The number of aromatic nitrogens is 4. The molecule has 12 rings (SSSR count). The molecule has 0 amide bonds. The highest BCUT2D eigenvalue weighted by atomic mass is 15.0. The topological polar surface area (TPSA) is 43.1 Å². The third kappa shape index (κ3) is 4.72. The lowest BCUT2D eigenvalue weighted by Crippen LogP contribution is -2.25. The summed E-state index contributed by atoms with van der Waals surface area (Å²) in [4.78, 5) is 15.9. The SMILES string of the molecule is c1ccc(-c2cc(-c3cccc(-c4nc5ccccn5c4-c4ccccc4)c3)nc(-c3ccc4c(c3)C3(c5ccccc5-c5ccccc53)c3ccccc3-4)n2)cc1. The lowest BCUT2D eigenvalue weighted by Gasteiger charge is -2.30. The maximum Gasteiger partial charge on any atom is 0.160 e. The number of rotatable bonds is 5. The molecule has 1 spiro atoms. The summed E-state index contributed by atoms with van der Waals surface area (Å²) in [6, 6.07) is 71.4. The van der Waals surface area contributed by atoms with Gasteiger partial charge in [-0.15, -0.1) is 0 Å². The fourth-order valence-corrected chi connectivity index (χ4v) is 9.61. The van der Waals surface area contributed by atoms with Gasteiger partial charge in [0.1, 0.15) is 5.65 Å². The number of hydrogen-bond acceptors (Lipinski definition) is 3. The summed E-state index contributed by atoms with van der Waals surface area (Å²) in [6.07, 6.45) is 2.09. The van der Waals surface area contributed by atoms with Crippen LogP contribution in [0.25, 0.3) is 84.3 Å². The molecule has 7 aromatic carbocycles. The van der Waals surface area contributed by atoms with Gasteiger partial charge in [0, 0.05) is 34.0 Å². The average molecular weight is 739 g/mol. The van der Waals surface area contributed by atoms with Gasteiger partial charge in [-0.25, -0.2) is 15.0 Å². The molecule has 10 aromatic rings. The monoisotopic (exact) mass is 738 g/mol. The van der Waals surface area contributed by atoms with Gasteiger partial charge in [0.25, 0.3) is 0 Å². The second kappa shape index (κ2) is 12.7. The van der Waals surface area contributed by atoms with Crippen LogP contribution in [-0.4, -0.2) is 19.4 Å². The average Bonchev–Trinajstić information content (AvgIpc) is 3.94. The molecule has 0 radical (unpaired) electrons. The van der Waals surface area contributed by atoms with Crippen LogP contribution < -0.4 is 0 Å². The van der Waals surface area contributed by atoms with Gasteiger partial charge in [-0.3, -0.25) is 4.40 Å². The molecule has 4 heteroatoms. The van der Waals surface area contributed by atoms with Crippen molar-refractivity contribution in [2.75, 3.05) is 0 Å². The number of imidazole rings is 1. The Morgan fingerprint density at radius 3 is 1.55 bits per heavy atom. The van der Waals surface area contributed by atoms with Crippen LogP contribution in [0, 0.1) is 0 Å². The second-order valence-corrected chi connectivity index (χ2v) is 15.2. The summed E-state index contributed by atoms with van der Waals surface area (Å²) >= 11 is 0. The standard InChI is InChI=1S/C54H34N4/c1-3-16-35(17-4-1)48-34-49(37-20-15-21-38(32-37)51-52(36-18-5-2-6-19-36)58-31-14-13-28-50(58)57-51)56-53(55-48)39-29-30-43-42-24-9-12-27-46(42)54(47(43)33-39)44-25-10-7-22-40(44)41-23-8-11-26-45(41)54/h1-34H. The highest BCUT2D eigenvalue weighted by Crippen LogP contribution is 2.63. The van der Waals surface area contributed by atoms with Crippen molar-refractivity contribution >= 4 is 5.65 Å². The Kier molecular flexibility index (Phi) is 7.11. The lowest BCUT2D eigenvalue weighted by atomic mass is 9.70. The first kappa shape index (κ1) is 32.5. The van der Waals surface area contributed by atoms with E-state index in [1.807, 2.05) is 12.1 Å². The third-order valence-electron chi connectivity index (χ3n) is 12.1. The Labute approximate surface area is 336 Å². The van der Waals surface area contributed by atoms with Crippen LogP contribution in [-0.2, 0) is 5.41 Å². The van der Waals surface area contributed by atoms with E-state index in [1.54, 1.807) is 0 Å². The van der Waals surface area contributed by atoms with E-state index in [-0.39, 0.29) is 0 Å². The third-order valence-corrected chi connectivity index (χ3v) is 12.1. The minimum Gasteiger partial charge on any atom is -0.299 e. The number of hydrogen-bond donors (Lipinski definition) is 0. The van der Waals surface area contributed by atoms with Gasteiger partial charge in [0.05, 0.1) is 28.2 Å². The van der Waals surface area contributed by atoms with Gasteiger partial charge >= 0.3 is 0 Å². The van der Waals surface area contributed by atoms with E-state index in [0.29, 0.717) is 5.82 Å². The summed E-state index contributed by atoms with van der Waals surface area (Å²) in [5, 5.41) is 0. The van der Waals surface area contributed by atoms with Crippen molar-refractivity contribution in [2.45, 2.75) is 5.41 Å². The van der Waals surface area contributed by atoms with E-state index < -0.39 is 5.41 Å². The molecule has 3 aromatic heterocycles. The summed E-state index contributed by atoms with van der Waals surface area (Å²) in [5.41, 5.74) is 19.6. The fraction of sp³-hybridized carbons (Fsp3) is 0.0185. The summed E-state index contributed by atoms with van der Waals surface area (Å²) in [7, 11) is 0. The zero-order valence-corrected chi connectivity index (χ0v) is 31.4. The molecular weight excluding hydrogens is 705 g/mol. The van der Waals surface area contributed by atoms with Crippen molar-refractivity contribution < 1.29 is 0 Å². The summed E-state index contributed by atoms with van der Waals surface area (Å²) in [5.74, 6) is 0.688. The van der Waals surface area contributed by atoms with E-state index in [2.05, 4.69) is 199 Å². The lowest BCUT2D eigenvalue weighted by molar-refractivity contribution is 0.794. The van der Waals surface area contributed by atoms with Gasteiger partial charge in [-0.2, -0.15) is 0 Å². The molecule has 0 unspecified atom stereocenters. The maximum absolute atomic E-state index is 5.40. The Morgan fingerprint density at radius 1 is 0.345 bits per heavy atom. The molecule has 2 aliphatic rings. The molecular formula is C54H34N4. The number of fused-ring (bicyclic) bond motifs is 11. The van der Waals surface area contributed by atoms with Crippen LogP contribution >= 0.6 is 0 Å². The van der Waals surface area contributed by atoms with Crippen molar-refractivity contribution in [3.63, 3.8) is 0 Å². The first-order chi connectivity index (χ1) is 28.8. The number of benzene rings is 7. The molecule has 0 bridgehead atoms. The van der Waals surface area contributed by atoms with E-state index in [9.17, 15) is 0 Å². The van der Waals surface area contributed by atoms with Crippen LogP contribution in [0.3, 0.4) is 0 Å². The fourth-order valence-electron chi connectivity index (χ4n) is 9.61. The molecule has 0 saturated carbocycles. The molecule has 0 fully saturated rings. The van der Waals surface area contributed by atoms with Gasteiger partial charge in [-0.1, -0.05) is 170 Å². The highest BCUT2D eigenvalue weighted by molar-refractivity contribution is 5.96. The van der Waals surface area contributed by atoms with E-state index in [1.165, 1.54) is 44.5 Å². The first-order valence-corrected chi connectivity index (χ1v) is 19.8. The van der Waals surface area contributed by atoms with Crippen LogP contribution in [0.15, 0.2) is 206 Å². The Hall–Kier alpha value is -7.69. The maximum atomic E-state index is 5.40. The van der Waals surface area contributed by atoms with Crippen molar-refractivity contribution in [3.8, 4) is 78.7 Å². The van der Waals surface area contributed by atoms with Crippen LogP contribution in [0.1, 0.15) is 22.3 Å². The molecule has 0 N–H and O–H groups in total. The molecule has 58 heavy (non-hydrogen) atoms. The second-order valence-electron chi connectivity index (χ2n) is 15.2. The Bertz CT molecular complexity index is 3170. The van der Waals surface area contributed by atoms with Gasteiger partial charge in [-0.05, 0) is 74.8 Å². The Balaban J connectivity index is 1.06. The minimum atomic E-state index is -0.451. The van der Waals surface area contributed by atoms with Crippen molar-refractivity contribution in [1.82, 2.24) is 19.4 Å². The Morgan fingerprint density at radius 2 is 0.879 bits per heavy atom. The normalized spacial score (nSPS) is 13.0. The van der Waals surface area contributed by atoms with Crippen LogP contribution in [0.4, 0.5) is 0 Å². The van der Waals surface area contributed by atoms with Gasteiger partial charge < -0.3 is 0 Å². The van der Waals surface area contributed by atoms with Crippen molar-refractivity contribution in [2.24, 2.45) is 0 Å². The van der Waals surface area contributed by atoms with E-state index in [4.69, 9.17) is 15.0 Å². The predicted molar refractivity (Wildman–Crippen MR) is 234 cm³/mol. The molecule has 270 valence electrons. The molecule has 3 heterocycles. The summed E-state index contributed by atoms with van der Waals surface area (Å²) < 4.78 is 2.17. The summed E-state index contributed by atoms with van der Waals surface area (Å²) in [6.45, 7) is 0. The minimum absolute atomic E-state index is 0.451. The molecule has 4 nitrogen and oxygen atoms in total. The van der Waals surface area contributed by atoms with Crippen molar-refractivity contribution in [1.29, 1.82) is 0 Å². The number of nitrogens with zero attached hydrogens (tertiary/aromatic N) is 4. The molecule has 2 aliphatic carbocycles. The highest BCUT2D eigenvalue weighted by Gasteiger charge is 2.51. The predicted octanol–water partition coefficient (Wildman–Crippen LogP) is 12.8. The molecule has 0 saturated heterocycles. The largest absolute Gasteiger partial charge is 0.299 e. The smallest absolute Gasteiger partial charge is 0.160 e. The number of pyridine rings is 1. The zero-order chi connectivity index (χ0) is 38.2. The molecule has 0 atom stereocenters. The zero-order valence-electron chi connectivity index (χ0n) is 31.4. The first-order valence-electron chi connectivity index (χ1n) is 19.8. The van der Waals surface area contributed by atoms with E-state index in [0.717, 1.165) is 56.2 Å². The van der Waals surface area contributed by atoms with Gasteiger partial charge in [0.15, 0.2) is 5.82 Å². The van der Waals surface area contributed by atoms with Crippen LogP contribution in [0.2, 0.25) is 0 Å².